The third kappa shape index (κ3) is 7.24. The van der Waals surface area contributed by atoms with Gasteiger partial charge in [0.1, 0.15) is 0 Å². The molecule has 2 rings (SSSR count). The number of nitrogens with zero attached hydrogens (tertiary/aromatic N) is 1. The van der Waals surface area contributed by atoms with Crippen molar-refractivity contribution in [3.8, 4) is 11.5 Å². The fraction of sp³-hybridized carbons (Fsp3) is 0.478. The van der Waals surface area contributed by atoms with Crippen molar-refractivity contribution in [2.75, 3.05) is 27.3 Å². The summed E-state index contributed by atoms with van der Waals surface area (Å²) in [6, 6.07) is 16.2. The Balaban J connectivity index is 2.04. The summed E-state index contributed by atoms with van der Waals surface area (Å²) in [5.74, 6) is 2.10. The predicted octanol–water partition coefficient (Wildman–Crippen LogP) is 4.16. The molecule has 0 heterocycles. The van der Waals surface area contributed by atoms with Crippen molar-refractivity contribution in [2.24, 2.45) is 5.92 Å². The van der Waals surface area contributed by atoms with Gasteiger partial charge < -0.3 is 14.6 Å². The maximum atomic E-state index is 10.6. The molecule has 0 saturated carbocycles. The second kappa shape index (κ2) is 11.0. The Kier molecular flexibility index (Phi) is 8.62. The van der Waals surface area contributed by atoms with Crippen molar-refractivity contribution in [2.45, 2.75) is 39.3 Å². The third-order valence-corrected chi connectivity index (χ3v) is 4.66. The van der Waals surface area contributed by atoms with Crippen LogP contribution in [0.4, 0.5) is 0 Å². The van der Waals surface area contributed by atoms with Crippen molar-refractivity contribution >= 4 is 0 Å². The maximum Gasteiger partial charge on any atom is 0.161 e. The Morgan fingerprint density at radius 2 is 1.63 bits per heavy atom. The molecular formula is C23H33NO3. The lowest BCUT2D eigenvalue weighted by molar-refractivity contribution is 0.105. The zero-order valence-electron chi connectivity index (χ0n) is 17.0. The number of benzene rings is 2. The van der Waals surface area contributed by atoms with E-state index in [4.69, 9.17) is 9.47 Å². The van der Waals surface area contributed by atoms with E-state index in [0.717, 1.165) is 36.6 Å². The van der Waals surface area contributed by atoms with Gasteiger partial charge in [0.15, 0.2) is 11.5 Å². The van der Waals surface area contributed by atoms with Crippen LogP contribution in [0.5, 0.6) is 11.5 Å². The molecule has 1 N–H and O–H groups in total. The van der Waals surface area contributed by atoms with Crippen LogP contribution in [-0.2, 0) is 13.0 Å². The van der Waals surface area contributed by atoms with Gasteiger partial charge in [-0.25, -0.2) is 0 Å². The summed E-state index contributed by atoms with van der Waals surface area (Å²) in [4.78, 5) is 2.33. The van der Waals surface area contributed by atoms with E-state index in [-0.39, 0.29) is 6.10 Å². The van der Waals surface area contributed by atoms with Crippen LogP contribution in [0, 0.1) is 5.92 Å². The SMILES string of the molecule is COc1ccc(CN(CCC(C)C)C[C@@H](O)Cc2ccccc2)cc1OC. The molecule has 0 aliphatic rings. The van der Waals surface area contributed by atoms with E-state index in [2.05, 4.69) is 36.9 Å². The predicted molar refractivity (Wildman–Crippen MR) is 110 cm³/mol. The first-order valence-corrected chi connectivity index (χ1v) is 9.67. The van der Waals surface area contributed by atoms with Crippen LogP contribution in [0.2, 0.25) is 0 Å². The lowest BCUT2D eigenvalue weighted by Crippen LogP contribution is -2.34. The minimum Gasteiger partial charge on any atom is -0.493 e. The highest BCUT2D eigenvalue weighted by molar-refractivity contribution is 5.42. The number of aliphatic hydroxyl groups excluding tert-OH is 1. The summed E-state index contributed by atoms with van der Waals surface area (Å²) in [5, 5.41) is 10.6. The molecule has 2 aromatic rings. The highest BCUT2D eigenvalue weighted by Crippen LogP contribution is 2.28. The fourth-order valence-electron chi connectivity index (χ4n) is 3.16. The molecule has 148 valence electrons. The lowest BCUT2D eigenvalue weighted by Gasteiger charge is -2.26. The van der Waals surface area contributed by atoms with Gasteiger partial charge in [0, 0.05) is 13.1 Å². The molecule has 0 amide bonds. The average molecular weight is 372 g/mol. The van der Waals surface area contributed by atoms with Crippen molar-refractivity contribution < 1.29 is 14.6 Å². The van der Waals surface area contributed by atoms with Crippen molar-refractivity contribution in [1.82, 2.24) is 4.90 Å². The molecule has 0 aromatic heterocycles. The first-order valence-electron chi connectivity index (χ1n) is 9.67. The number of methoxy groups -OCH3 is 2. The number of hydrogen-bond acceptors (Lipinski definition) is 4. The van der Waals surface area contributed by atoms with Crippen LogP contribution < -0.4 is 9.47 Å². The molecule has 0 fully saturated rings. The molecule has 0 bridgehead atoms. The molecule has 4 heteroatoms. The van der Waals surface area contributed by atoms with E-state index in [0.29, 0.717) is 18.9 Å². The Labute approximate surface area is 163 Å². The molecule has 1 atom stereocenters. The lowest BCUT2D eigenvalue weighted by atomic mass is 10.1. The van der Waals surface area contributed by atoms with Gasteiger partial charge in [-0.2, -0.15) is 0 Å². The molecule has 0 aliphatic heterocycles. The molecule has 0 unspecified atom stereocenters. The van der Waals surface area contributed by atoms with E-state index in [1.54, 1.807) is 14.2 Å². The van der Waals surface area contributed by atoms with Crippen molar-refractivity contribution in [3.63, 3.8) is 0 Å². The van der Waals surface area contributed by atoms with Gasteiger partial charge in [-0.15, -0.1) is 0 Å². The van der Waals surface area contributed by atoms with Crippen LogP contribution >= 0.6 is 0 Å². The summed E-state index contributed by atoms with van der Waals surface area (Å²) >= 11 is 0. The van der Waals surface area contributed by atoms with E-state index in [1.165, 1.54) is 5.56 Å². The average Bonchev–Trinajstić information content (AvgIpc) is 2.66. The Hall–Kier alpha value is -2.04. The standard InChI is InChI=1S/C23H33NO3/c1-18(2)12-13-24(17-21(25)14-19-8-6-5-7-9-19)16-20-10-11-22(26-3)23(15-20)27-4/h5-11,15,18,21,25H,12-14,16-17H2,1-4H3/t21-/m0/s1. The minimum absolute atomic E-state index is 0.389. The highest BCUT2D eigenvalue weighted by atomic mass is 16.5. The zero-order valence-corrected chi connectivity index (χ0v) is 17.0. The Bertz CT molecular complexity index is 673. The van der Waals surface area contributed by atoms with Gasteiger partial charge in [-0.3, -0.25) is 4.90 Å². The van der Waals surface area contributed by atoms with Gasteiger partial charge in [0.25, 0.3) is 0 Å². The summed E-state index contributed by atoms with van der Waals surface area (Å²) < 4.78 is 10.8. The molecule has 2 aromatic carbocycles. The number of hydrogen-bond donors (Lipinski definition) is 1. The van der Waals surface area contributed by atoms with Crippen molar-refractivity contribution in [3.05, 3.63) is 59.7 Å². The van der Waals surface area contributed by atoms with Gasteiger partial charge in [-0.05, 0) is 48.6 Å². The van der Waals surface area contributed by atoms with Crippen LogP contribution in [0.25, 0.3) is 0 Å². The van der Waals surface area contributed by atoms with E-state index >= 15 is 0 Å². The first-order chi connectivity index (χ1) is 13.0. The van der Waals surface area contributed by atoms with Gasteiger partial charge >= 0.3 is 0 Å². The normalized spacial score (nSPS) is 12.4. The zero-order chi connectivity index (χ0) is 19.6. The van der Waals surface area contributed by atoms with Gasteiger partial charge in [0.2, 0.25) is 0 Å². The first kappa shape index (κ1) is 21.3. The fourth-order valence-corrected chi connectivity index (χ4v) is 3.16. The second-order valence-electron chi connectivity index (χ2n) is 7.45. The Morgan fingerprint density at radius 3 is 2.26 bits per heavy atom. The van der Waals surface area contributed by atoms with Gasteiger partial charge in [-0.1, -0.05) is 50.2 Å². The van der Waals surface area contributed by atoms with E-state index in [1.807, 2.05) is 30.3 Å². The monoisotopic (exact) mass is 371 g/mol. The van der Waals surface area contributed by atoms with Crippen LogP contribution in [-0.4, -0.2) is 43.4 Å². The molecule has 4 nitrogen and oxygen atoms in total. The summed E-state index contributed by atoms with van der Waals surface area (Å²) in [6.45, 7) is 6.84. The van der Waals surface area contributed by atoms with E-state index < -0.39 is 0 Å². The highest BCUT2D eigenvalue weighted by Gasteiger charge is 2.15. The van der Waals surface area contributed by atoms with Gasteiger partial charge in [0.05, 0.1) is 20.3 Å². The topological polar surface area (TPSA) is 41.9 Å². The largest absolute Gasteiger partial charge is 0.493 e. The summed E-state index contributed by atoms with van der Waals surface area (Å²) in [7, 11) is 3.30. The van der Waals surface area contributed by atoms with Crippen LogP contribution in [0.3, 0.4) is 0 Å². The van der Waals surface area contributed by atoms with E-state index in [9.17, 15) is 5.11 Å². The minimum atomic E-state index is -0.389. The molecule has 0 aliphatic carbocycles. The van der Waals surface area contributed by atoms with Crippen LogP contribution in [0.15, 0.2) is 48.5 Å². The second-order valence-corrected chi connectivity index (χ2v) is 7.45. The quantitative estimate of drug-likeness (QED) is 0.644. The number of rotatable bonds is 11. The molecule has 0 radical (unpaired) electrons. The molecule has 0 spiro atoms. The number of aliphatic hydroxyl groups is 1. The van der Waals surface area contributed by atoms with Crippen LogP contribution in [0.1, 0.15) is 31.4 Å². The summed E-state index contributed by atoms with van der Waals surface area (Å²) in [5.41, 5.74) is 2.32. The Morgan fingerprint density at radius 1 is 0.926 bits per heavy atom. The summed E-state index contributed by atoms with van der Waals surface area (Å²) in [6.07, 6.45) is 1.38. The molecular weight excluding hydrogens is 338 g/mol. The smallest absolute Gasteiger partial charge is 0.161 e. The van der Waals surface area contributed by atoms with Crippen molar-refractivity contribution in [1.29, 1.82) is 0 Å². The third-order valence-electron chi connectivity index (χ3n) is 4.66. The maximum absolute atomic E-state index is 10.6. The number of ether oxygens (including phenoxy) is 2. The molecule has 0 saturated heterocycles. The molecule has 27 heavy (non-hydrogen) atoms.